The van der Waals surface area contributed by atoms with E-state index in [1.54, 1.807) is 11.8 Å². The highest BCUT2D eigenvalue weighted by Crippen LogP contribution is 2.25. The Morgan fingerprint density at radius 1 is 1.32 bits per heavy atom. The molecule has 4 nitrogen and oxygen atoms in total. The summed E-state index contributed by atoms with van der Waals surface area (Å²) in [6.45, 7) is 7.64. The van der Waals surface area contributed by atoms with Gasteiger partial charge in [-0.25, -0.2) is 9.97 Å². The summed E-state index contributed by atoms with van der Waals surface area (Å²) in [4.78, 5) is 11.6. The minimum absolute atomic E-state index is 0.842. The maximum Gasteiger partial charge on any atom is 0.187 e. The first-order chi connectivity index (χ1) is 12.3. The van der Waals surface area contributed by atoms with Crippen molar-refractivity contribution in [3.8, 4) is 0 Å². The van der Waals surface area contributed by atoms with Crippen LogP contribution in [0, 0.1) is 0 Å². The third-order valence-corrected chi connectivity index (χ3v) is 5.33. The number of benzene rings is 1. The first kappa shape index (κ1) is 16.4. The SMILES string of the molecule is C=CCn1cc(CN2CCc3nc(SC)ncc3C2)c2ccccc21. The molecule has 0 amide bonds. The van der Waals surface area contributed by atoms with Crippen molar-refractivity contribution in [1.29, 1.82) is 0 Å². The van der Waals surface area contributed by atoms with E-state index in [1.807, 2.05) is 18.5 Å². The van der Waals surface area contributed by atoms with Gasteiger partial charge in [0.05, 0.1) is 5.69 Å². The largest absolute Gasteiger partial charge is 0.343 e. The van der Waals surface area contributed by atoms with Crippen molar-refractivity contribution in [2.75, 3.05) is 12.8 Å². The van der Waals surface area contributed by atoms with Crippen molar-refractivity contribution >= 4 is 22.7 Å². The Morgan fingerprint density at radius 3 is 3.04 bits per heavy atom. The highest BCUT2D eigenvalue weighted by molar-refractivity contribution is 7.98. The quantitative estimate of drug-likeness (QED) is 0.397. The van der Waals surface area contributed by atoms with Crippen LogP contribution in [0.15, 0.2) is 54.5 Å². The Kier molecular flexibility index (Phi) is 4.59. The normalized spacial score (nSPS) is 14.6. The molecule has 0 saturated heterocycles. The number of allylic oxidation sites excluding steroid dienone is 1. The molecule has 0 fully saturated rings. The molecule has 3 aromatic rings. The minimum Gasteiger partial charge on any atom is -0.343 e. The standard InChI is InChI=1S/C20H22N4S/c1-3-9-24-14-16(17-6-4-5-7-19(17)24)13-23-10-8-18-15(12-23)11-21-20(22-18)25-2/h3-7,11,14H,1,8-10,12-13H2,2H3. The molecule has 1 aliphatic heterocycles. The zero-order valence-corrected chi connectivity index (χ0v) is 15.3. The third-order valence-electron chi connectivity index (χ3n) is 4.76. The molecule has 25 heavy (non-hydrogen) atoms. The van der Waals surface area contributed by atoms with Gasteiger partial charge in [-0.2, -0.15) is 0 Å². The summed E-state index contributed by atoms with van der Waals surface area (Å²) in [5.74, 6) is 0. The van der Waals surface area contributed by atoms with Gasteiger partial charge in [0.2, 0.25) is 0 Å². The number of aromatic nitrogens is 3. The number of thioether (sulfide) groups is 1. The van der Waals surface area contributed by atoms with E-state index in [4.69, 9.17) is 0 Å². The van der Waals surface area contributed by atoms with E-state index in [1.165, 1.54) is 27.7 Å². The lowest BCUT2D eigenvalue weighted by Crippen LogP contribution is -2.30. The molecule has 0 bridgehead atoms. The predicted octanol–water partition coefficient (Wildman–Crippen LogP) is 3.90. The highest BCUT2D eigenvalue weighted by atomic mass is 32.2. The van der Waals surface area contributed by atoms with E-state index in [-0.39, 0.29) is 0 Å². The fourth-order valence-corrected chi connectivity index (χ4v) is 3.93. The summed E-state index contributed by atoms with van der Waals surface area (Å²) in [6, 6.07) is 8.62. The highest BCUT2D eigenvalue weighted by Gasteiger charge is 2.20. The van der Waals surface area contributed by atoms with Crippen molar-refractivity contribution in [2.24, 2.45) is 0 Å². The van der Waals surface area contributed by atoms with Crippen LogP contribution >= 0.6 is 11.8 Å². The molecule has 0 unspecified atom stereocenters. The van der Waals surface area contributed by atoms with Crippen LogP contribution in [-0.4, -0.2) is 32.2 Å². The molecule has 2 aromatic heterocycles. The second-order valence-corrected chi connectivity index (χ2v) is 7.18. The van der Waals surface area contributed by atoms with Crippen molar-refractivity contribution in [3.63, 3.8) is 0 Å². The molecule has 0 atom stereocenters. The minimum atomic E-state index is 0.842. The van der Waals surface area contributed by atoms with Gasteiger partial charge in [-0.15, -0.1) is 6.58 Å². The smallest absolute Gasteiger partial charge is 0.187 e. The van der Waals surface area contributed by atoms with Gasteiger partial charge in [0.25, 0.3) is 0 Å². The Labute approximate surface area is 152 Å². The number of hydrogen-bond donors (Lipinski definition) is 0. The fourth-order valence-electron chi connectivity index (χ4n) is 3.57. The monoisotopic (exact) mass is 350 g/mol. The van der Waals surface area contributed by atoms with E-state index in [2.05, 4.69) is 56.5 Å². The topological polar surface area (TPSA) is 34.0 Å². The summed E-state index contributed by atoms with van der Waals surface area (Å²) < 4.78 is 2.28. The fraction of sp³-hybridized carbons (Fsp3) is 0.300. The molecule has 3 heterocycles. The van der Waals surface area contributed by atoms with E-state index in [9.17, 15) is 0 Å². The molecule has 0 spiro atoms. The zero-order chi connectivity index (χ0) is 17.2. The van der Waals surface area contributed by atoms with E-state index in [0.29, 0.717) is 0 Å². The van der Waals surface area contributed by atoms with Crippen molar-refractivity contribution in [1.82, 2.24) is 19.4 Å². The molecule has 0 aliphatic carbocycles. The van der Waals surface area contributed by atoms with E-state index < -0.39 is 0 Å². The first-order valence-corrected chi connectivity index (χ1v) is 9.79. The lowest BCUT2D eigenvalue weighted by Gasteiger charge is -2.27. The molecule has 5 heteroatoms. The van der Waals surface area contributed by atoms with Crippen molar-refractivity contribution < 1.29 is 0 Å². The van der Waals surface area contributed by atoms with Crippen LogP contribution in [0.3, 0.4) is 0 Å². The summed E-state index contributed by atoms with van der Waals surface area (Å²) in [7, 11) is 0. The van der Waals surface area contributed by atoms with Gasteiger partial charge in [-0.1, -0.05) is 36.0 Å². The summed E-state index contributed by atoms with van der Waals surface area (Å²) in [5, 5.41) is 2.21. The summed E-state index contributed by atoms with van der Waals surface area (Å²) in [6.07, 6.45) is 9.25. The average molecular weight is 350 g/mol. The van der Waals surface area contributed by atoms with Crippen molar-refractivity contribution in [2.45, 2.75) is 31.2 Å². The number of hydrogen-bond acceptors (Lipinski definition) is 4. The zero-order valence-electron chi connectivity index (χ0n) is 14.5. The number of rotatable bonds is 5. The van der Waals surface area contributed by atoms with Crippen LogP contribution in [0.25, 0.3) is 10.9 Å². The Morgan fingerprint density at radius 2 is 2.20 bits per heavy atom. The molecule has 1 aromatic carbocycles. The lowest BCUT2D eigenvalue weighted by atomic mass is 10.1. The molecular formula is C20H22N4S. The van der Waals surface area contributed by atoms with Gasteiger partial charge in [-0.05, 0) is 17.9 Å². The van der Waals surface area contributed by atoms with Gasteiger partial charge in [-0.3, -0.25) is 4.90 Å². The average Bonchev–Trinajstić information content (AvgIpc) is 2.99. The van der Waals surface area contributed by atoms with Gasteiger partial charge >= 0.3 is 0 Å². The van der Waals surface area contributed by atoms with Gasteiger partial charge in [0.1, 0.15) is 0 Å². The van der Waals surface area contributed by atoms with Crippen LogP contribution in [0.1, 0.15) is 16.8 Å². The molecule has 0 saturated carbocycles. The maximum absolute atomic E-state index is 4.66. The van der Waals surface area contributed by atoms with Crippen LogP contribution in [0.5, 0.6) is 0 Å². The van der Waals surface area contributed by atoms with Crippen LogP contribution in [0.4, 0.5) is 0 Å². The van der Waals surface area contributed by atoms with Crippen LogP contribution in [-0.2, 0) is 26.1 Å². The van der Waals surface area contributed by atoms with E-state index >= 15 is 0 Å². The Bertz CT molecular complexity index is 915. The summed E-state index contributed by atoms with van der Waals surface area (Å²) >= 11 is 1.61. The third kappa shape index (κ3) is 3.22. The molecule has 1 aliphatic rings. The molecule has 4 rings (SSSR count). The lowest BCUT2D eigenvalue weighted by molar-refractivity contribution is 0.243. The van der Waals surface area contributed by atoms with Gasteiger partial charge < -0.3 is 4.57 Å². The number of para-hydroxylation sites is 1. The van der Waals surface area contributed by atoms with E-state index in [0.717, 1.165) is 37.8 Å². The van der Waals surface area contributed by atoms with Gasteiger partial charge in [0, 0.05) is 61.5 Å². The summed E-state index contributed by atoms with van der Waals surface area (Å²) in [5.41, 5.74) is 5.13. The van der Waals surface area contributed by atoms with Gasteiger partial charge in [0.15, 0.2) is 5.16 Å². The Balaban J connectivity index is 1.58. The van der Waals surface area contributed by atoms with Crippen molar-refractivity contribution in [3.05, 3.63) is 66.1 Å². The molecule has 0 N–H and O–H groups in total. The predicted molar refractivity (Wildman–Crippen MR) is 104 cm³/mol. The molecule has 128 valence electrons. The number of nitrogens with zero attached hydrogens (tertiary/aromatic N) is 4. The molecule has 0 radical (unpaired) electrons. The molecular weight excluding hydrogens is 328 g/mol. The maximum atomic E-state index is 4.66. The second kappa shape index (κ2) is 7.02. The Hall–Kier alpha value is -2.11. The first-order valence-electron chi connectivity index (χ1n) is 8.57. The second-order valence-electron chi connectivity index (χ2n) is 6.40. The van der Waals surface area contributed by atoms with Crippen LogP contribution < -0.4 is 0 Å². The number of fused-ring (bicyclic) bond motifs is 2. The van der Waals surface area contributed by atoms with Crippen LogP contribution in [0.2, 0.25) is 0 Å².